The van der Waals surface area contributed by atoms with Crippen molar-refractivity contribution in [2.75, 3.05) is 6.79 Å². The summed E-state index contributed by atoms with van der Waals surface area (Å²) < 4.78 is 12.0. The third kappa shape index (κ3) is 2.51. The molecule has 106 valence electrons. The molecule has 0 saturated carbocycles. The van der Waals surface area contributed by atoms with Gasteiger partial charge in [-0.1, -0.05) is 34.1 Å². The summed E-state index contributed by atoms with van der Waals surface area (Å²) in [6.45, 7) is 0.309. The van der Waals surface area contributed by atoms with E-state index < -0.39 is 0 Å². The van der Waals surface area contributed by atoms with E-state index in [1.165, 1.54) is 10.3 Å². The first-order chi connectivity index (χ1) is 10.3. The monoisotopic (exact) mass is 361 g/mol. The number of alkyl halides is 1. The topological polar surface area (TPSA) is 31.4 Å². The molecule has 1 aliphatic heterocycles. The van der Waals surface area contributed by atoms with Crippen LogP contribution in [-0.2, 0) is 6.42 Å². The fraction of sp³-hybridized carbons (Fsp3) is 0.188. The van der Waals surface area contributed by atoms with E-state index in [0.717, 1.165) is 28.4 Å². The van der Waals surface area contributed by atoms with Crippen LogP contribution in [0.25, 0.3) is 10.2 Å². The van der Waals surface area contributed by atoms with E-state index in [2.05, 4.69) is 39.1 Å². The Morgan fingerprint density at radius 3 is 2.90 bits per heavy atom. The molecule has 21 heavy (non-hydrogen) atoms. The van der Waals surface area contributed by atoms with Crippen LogP contribution >= 0.6 is 27.3 Å². The molecule has 3 nitrogen and oxygen atoms in total. The molecule has 0 bridgehead atoms. The normalized spacial score (nSPS) is 14.5. The van der Waals surface area contributed by atoms with Gasteiger partial charge < -0.3 is 9.47 Å². The number of fused-ring (bicyclic) bond motifs is 2. The summed E-state index contributed by atoms with van der Waals surface area (Å²) in [4.78, 5) is 4.90. The highest BCUT2D eigenvalue weighted by atomic mass is 79.9. The van der Waals surface area contributed by atoms with Crippen LogP contribution in [-0.4, -0.2) is 11.8 Å². The van der Waals surface area contributed by atoms with Crippen LogP contribution in [0.5, 0.6) is 11.5 Å². The first-order valence-corrected chi connectivity index (χ1v) is 8.41. The van der Waals surface area contributed by atoms with Crippen LogP contribution in [0.2, 0.25) is 0 Å². The van der Waals surface area contributed by atoms with Gasteiger partial charge in [-0.05, 0) is 29.8 Å². The molecule has 5 heteroatoms. The van der Waals surface area contributed by atoms with Gasteiger partial charge >= 0.3 is 0 Å². The predicted octanol–water partition coefficient (Wildman–Crippen LogP) is 4.70. The van der Waals surface area contributed by atoms with E-state index in [1.807, 2.05) is 24.3 Å². The van der Waals surface area contributed by atoms with Gasteiger partial charge in [0.15, 0.2) is 11.5 Å². The van der Waals surface area contributed by atoms with Crippen LogP contribution in [0.15, 0.2) is 42.5 Å². The van der Waals surface area contributed by atoms with Crippen molar-refractivity contribution >= 4 is 37.5 Å². The van der Waals surface area contributed by atoms with Crippen LogP contribution in [0, 0.1) is 0 Å². The highest BCUT2D eigenvalue weighted by molar-refractivity contribution is 9.09. The first-order valence-electron chi connectivity index (χ1n) is 6.68. The maximum atomic E-state index is 5.43. The molecular weight excluding hydrogens is 350 g/mol. The van der Waals surface area contributed by atoms with Gasteiger partial charge in [-0.3, -0.25) is 0 Å². The molecule has 0 radical (unpaired) electrons. The Morgan fingerprint density at radius 2 is 2.00 bits per heavy atom. The van der Waals surface area contributed by atoms with E-state index in [1.54, 1.807) is 11.3 Å². The Morgan fingerprint density at radius 1 is 1.14 bits per heavy atom. The lowest BCUT2D eigenvalue weighted by Gasteiger charge is -2.09. The van der Waals surface area contributed by atoms with Crippen molar-refractivity contribution in [2.24, 2.45) is 0 Å². The van der Waals surface area contributed by atoms with E-state index in [0.29, 0.717) is 6.79 Å². The van der Waals surface area contributed by atoms with Gasteiger partial charge in [-0.15, -0.1) is 11.3 Å². The van der Waals surface area contributed by atoms with Crippen molar-refractivity contribution in [2.45, 2.75) is 11.2 Å². The Bertz CT molecular complexity index is 769. The molecule has 0 fully saturated rings. The third-order valence-electron chi connectivity index (χ3n) is 3.45. The molecule has 1 unspecified atom stereocenters. The molecule has 0 amide bonds. The Hall–Kier alpha value is -1.59. The summed E-state index contributed by atoms with van der Waals surface area (Å²) in [6, 6.07) is 14.3. The maximum absolute atomic E-state index is 5.43. The average molecular weight is 362 g/mol. The second-order valence-electron chi connectivity index (χ2n) is 4.86. The van der Waals surface area contributed by atoms with Crippen LogP contribution in [0.4, 0.5) is 0 Å². The molecule has 0 aliphatic carbocycles. The lowest BCUT2D eigenvalue weighted by molar-refractivity contribution is 0.174. The summed E-state index contributed by atoms with van der Waals surface area (Å²) in [6.07, 6.45) is 0.860. The Balaban J connectivity index is 1.58. The predicted molar refractivity (Wildman–Crippen MR) is 87.6 cm³/mol. The van der Waals surface area contributed by atoms with E-state index in [-0.39, 0.29) is 4.83 Å². The summed E-state index contributed by atoms with van der Waals surface area (Å²) >= 11 is 5.51. The molecule has 1 atom stereocenters. The fourth-order valence-electron chi connectivity index (χ4n) is 2.39. The number of benzene rings is 2. The number of para-hydroxylation sites is 1. The average Bonchev–Trinajstić information content (AvgIpc) is 3.11. The number of thiazole rings is 1. The summed E-state index contributed by atoms with van der Waals surface area (Å²) in [5.41, 5.74) is 2.25. The summed E-state index contributed by atoms with van der Waals surface area (Å²) in [5, 5.41) is 1.13. The van der Waals surface area contributed by atoms with E-state index in [9.17, 15) is 0 Å². The minimum atomic E-state index is 0.215. The highest BCUT2D eigenvalue weighted by Gasteiger charge is 2.17. The minimum Gasteiger partial charge on any atom is -0.454 e. The largest absolute Gasteiger partial charge is 0.454 e. The van der Waals surface area contributed by atoms with E-state index >= 15 is 0 Å². The van der Waals surface area contributed by atoms with Gasteiger partial charge in [0, 0.05) is 11.2 Å². The fourth-order valence-corrected chi connectivity index (χ4v) is 4.20. The standard InChI is InChI=1S/C16H12BrNO2S/c17-11(10-5-6-13-14(7-10)20-9-19-13)8-16-18-12-3-1-2-4-15(12)21-16/h1-7,11H,8-9H2. The number of hydrogen-bond donors (Lipinski definition) is 0. The molecule has 0 N–H and O–H groups in total. The number of rotatable bonds is 3. The lowest BCUT2D eigenvalue weighted by atomic mass is 10.1. The van der Waals surface area contributed by atoms with Gasteiger partial charge in [-0.25, -0.2) is 4.98 Å². The number of hydrogen-bond acceptors (Lipinski definition) is 4. The molecular formula is C16H12BrNO2S. The summed E-state index contributed by atoms with van der Waals surface area (Å²) in [5.74, 6) is 1.64. The van der Waals surface area contributed by atoms with Crippen LogP contribution in [0.3, 0.4) is 0 Å². The highest BCUT2D eigenvalue weighted by Crippen LogP contribution is 2.38. The zero-order valence-corrected chi connectivity index (χ0v) is 13.5. The van der Waals surface area contributed by atoms with Gasteiger partial charge in [0.25, 0.3) is 0 Å². The Labute approximate surface area is 134 Å². The van der Waals surface area contributed by atoms with Crippen molar-refractivity contribution in [3.8, 4) is 11.5 Å². The molecule has 2 heterocycles. The van der Waals surface area contributed by atoms with Crippen molar-refractivity contribution in [1.82, 2.24) is 4.98 Å². The lowest BCUT2D eigenvalue weighted by Crippen LogP contribution is -1.95. The minimum absolute atomic E-state index is 0.215. The first kappa shape index (κ1) is 13.1. The van der Waals surface area contributed by atoms with Gasteiger partial charge in [0.05, 0.1) is 15.2 Å². The number of nitrogens with zero attached hydrogens (tertiary/aromatic N) is 1. The smallest absolute Gasteiger partial charge is 0.231 e. The van der Waals surface area contributed by atoms with E-state index in [4.69, 9.17) is 9.47 Å². The second-order valence-corrected chi connectivity index (χ2v) is 7.08. The van der Waals surface area contributed by atoms with Gasteiger partial charge in [0.2, 0.25) is 6.79 Å². The van der Waals surface area contributed by atoms with Crippen molar-refractivity contribution < 1.29 is 9.47 Å². The molecule has 0 spiro atoms. The number of aromatic nitrogens is 1. The summed E-state index contributed by atoms with van der Waals surface area (Å²) in [7, 11) is 0. The third-order valence-corrected chi connectivity index (χ3v) is 5.36. The Kier molecular flexibility index (Phi) is 3.31. The van der Waals surface area contributed by atoms with Crippen molar-refractivity contribution in [3.05, 3.63) is 53.0 Å². The molecule has 3 aromatic rings. The number of halogens is 1. The van der Waals surface area contributed by atoms with Crippen LogP contribution < -0.4 is 9.47 Å². The van der Waals surface area contributed by atoms with Crippen LogP contribution in [0.1, 0.15) is 15.4 Å². The zero-order chi connectivity index (χ0) is 14.2. The molecule has 4 rings (SSSR count). The molecule has 1 aliphatic rings. The molecule has 2 aromatic carbocycles. The zero-order valence-electron chi connectivity index (χ0n) is 11.1. The molecule has 0 saturated heterocycles. The van der Waals surface area contributed by atoms with Gasteiger partial charge in [0.1, 0.15) is 0 Å². The number of ether oxygens (including phenoxy) is 2. The maximum Gasteiger partial charge on any atom is 0.231 e. The molecule has 1 aromatic heterocycles. The quantitative estimate of drug-likeness (QED) is 0.633. The van der Waals surface area contributed by atoms with Crippen molar-refractivity contribution in [1.29, 1.82) is 0 Å². The van der Waals surface area contributed by atoms with Gasteiger partial charge in [-0.2, -0.15) is 0 Å². The van der Waals surface area contributed by atoms with Crippen molar-refractivity contribution in [3.63, 3.8) is 0 Å². The SMILES string of the molecule is BrC(Cc1nc2ccccc2s1)c1ccc2c(c1)OCO2. The second kappa shape index (κ2) is 5.31.